The highest BCUT2D eigenvalue weighted by atomic mass is 32.2. The molecule has 1 fully saturated rings. The maximum Gasteiger partial charge on any atom is 0.264 e. The summed E-state index contributed by atoms with van der Waals surface area (Å²) in [5, 5.41) is 19.4. The molecule has 118 valence electrons. The summed E-state index contributed by atoms with van der Waals surface area (Å²) < 4.78 is 37.9. The number of rotatable bonds is 5. The van der Waals surface area contributed by atoms with Crippen molar-refractivity contribution in [3.8, 4) is 0 Å². The van der Waals surface area contributed by atoms with Crippen LogP contribution in [0.25, 0.3) is 0 Å². The van der Waals surface area contributed by atoms with E-state index >= 15 is 0 Å². The van der Waals surface area contributed by atoms with Gasteiger partial charge in [0.25, 0.3) is 10.1 Å². The van der Waals surface area contributed by atoms with Gasteiger partial charge in [0.15, 0.2) is 12.4 Å². The van der Waals surface area contributed by atoms with Gasteiger partial charge in [-0.2, -0.15) is 8.42 Å². The quantitative estimate of drug-likeness (QED) is 0.714. The van der Waals surface area contributed by atoms with Crippen LogP contribution in [0, 0.1) is 0 Å². The Balaban J connectivity index is 2.04. The fraction of sp³-hybridized carbons (Fsp3) is 0.538. The van der Waals surface area contributed by atoms with Crippen LogP contribution in [0.2, 0.25) is 0 Å². The second-order valence-corrected chi connectivity index (χ2v) is 6.42. The highest BCUT2D eigenvalue weighted by molar-refractivity contribution is 7.86. The summed E-state index contributed by atoms with van der Waals surface area (Å²) in [6, 6.07) is 9.20. The predicted molar refractivity (Wildman–Crippen MR) is 72.7 cm³/mol. The van der Waals surface area contributed by atoms with E-state index in [1.165, 1.54) is 0 Å². The van der Waals surface area contributed by atoms with E-state index in [-0.39, 0.29) is 13.2 Å². The molecular weight excluding hydrogens is 300 g/mol. The van der Waals surface area contributed by atoms with Crippen molar-refractivity contribution in [1.82, 2.24) is 0 Å². The summed E-state index contributed by atoms with van der Waals surface area (Å²) in [5.74, 6) is 0. The molecule has 0 aromatic heterocycles. The molecule has 4 atom stereocenters. The fourth-order valence-electron chi connectivity index (χ4n) is 1.97. The molecule has 1 heterocycles. The van der Waals surface area contributed by atoms with Crippen molar-refractivity contribution in [2.24, 2.45) is 0 Å². The second-order valence-electron chi connectivity index (χ2n) is 4.82. The minimum Gasteiger partial charge on any atom is -0.388 e. The van der Waals surface area contributed by atoms with Crippen LogP contribution in [0.5, 0.6) is 0 Å². The Morgan fingerprint density at radius 3 is 2.57 bits per heavy atom. The molecular formula is C13H18O7S. The smallest absolute Gasteiger partial charge is 0.264 e. The minimum absolute atomic E-state index is 0.162. The monoisotopic (exact) mass is 318 g/mol. The Morgan fingerprint density at radius 2 is 1.95 bits per heavy atom. The van der Waals surface area contributed by atoms with Crippen LogP contribution in [0.3, 0.4) is 0 Å². The molecule has 1 aliphatic rings. The Hall–Kier alpha value is -1.03. The molecule has 1 saturated heterocycles. The number of hydrogen-bond acceptors (Lipinski definition) is 7. The first kappa shape index (κ1) is 16.3. The molecule has 1 aromatic rings. The van der Waals surface area contributed by atoms with Crippen molar-refractivity contribution < 1.29 is 32.3 Å². The molecule has 0 spiro atoms. The van der Waals surface area contributed by atoms with Crippen LogP contribution in [0.1, 0.15) is 5.56 Å². The zero-order valence-corrected chi connectivity index (χ0v) is 12.3. The summed E-state index contributed by atoms with van der Waals surface area (Å²) in [6.45, 7) is 0.00217. The lowest BCUT2D eigenvalue weighted by atomic mass is 10.1. The number of aliphatic hydroxyl groups excluding tert-OH is 2. The highest BCUT2D eigenvalue weighted by Crippen LogP contribution is 2.22. The van der Waals surface area contributed by atoms with Crippen LogP contribution in [-0.2, 0) is 30.4 Å². The largest absolute Gasteiger partial charge is 0.388 e. The van der Waals surface area contributed by atoms with Gasteiger partial charge in [0.05, 0.1) is 19.5 Å². The van der Waals surface area contributed by atoms with Gasteiger partial charge in [-0.25, -0.2) is 0 Å². The summed E-state index contributed by atoms with van der Waals surface area (Å²) >= 11 is 0. The van der Waals surface area contributed by atoms with Crippen molar-refractivity contribution in [1.29, 1.82) is 0 Å². The number of aliphatic hydroxyl groups is 2. The van der Waals surface area contributed by atoms with Gasteiger partial charge in [-0.1, -0.05) is 30.3 Å². The van der Waals surface area contributed by atoms with E-state index in [1.807, 2.05) is 30.3 Å². The van der Waals surface area contributed by atoms with E-state index in [9.17, 15) is 18.6 Å². The molecule has 21 heavy (non-hydrogen) atoms. The Labute approximate surface area is 123 Å². The van der Waals surface area contributed by atoms with Crippen molar-refractivity contribution in [2.75, 3.05) is 12.9 Å². The minimum atomic E-state index is -3.83. The van der Waals surface area contributed by atoms with Crippen molar-refractivity contribution in [3.63, 3.8) is 0 Å². The van der Waals surface area contributed by atoms with E-state index in [2.05, 4.69) is 0 Å². The standard InChI is InChI=1S/C13H18O7S/c1-21(16,17)20-12-11(15)10(14)8-19-13(12)18-7-9-5-3-2-4-6-9/h2-6,10-15H,7-8H2,1H3/t10-,11-,12-,13+/m1/s1. The topological polar surface area (TPSA) is 102 Å². The highest BCUT2D eigenvalue weighted by Gasteiger charge is 2.42. The van der Waals surface area contributed by atoms with E-state index in [0.29, 0.717) is 0 Å². The van der Waals surface area contributed by atoms with E-state index in [4.69, 9.17) is 13.7 Å². The van der Waals surface area contributed by atoms with Crippen LogP contribution in [0.15, 0.2) is 30.3 Å². The zero-order valence-electron chi connectivity index (χ0n) is 11.5. The number of hydrogen-bond donors (Lipinski definition) is 2. The summed E-state index contributed by atoms with van der Waals surface area (Å²) in [6.07, 6.45) is -4.18. The third kappa shape index (κ3) is 4.73. The molecule has 0 unspecified atom stereocenters. The van der Waals surface area contributed by atoms with Gasteiger partial charge in [-0.05, 0) is 5.56 Å². The number of ether oxygens (including phenoxy) is 2. The van der Waals surface area contributed by atoms with Gasteiger partial charge in [-0.3, -0.25) is 4.18 Å². The maximum absolute atomic E-state index is 11.2. The third-order valence-electron chi connectivity index (χ3n) is 2.97. The SMILES string of the molecule is CS(=O)(=O)O[C@H]1[C@@H](OCc2ccccc2)OC[C@@H](O)[C@H]1O. The molecule has 0 aliphatic carbocycles. The molecule has 0 amide bonds. The van der Waals surface area contributed by atoms with Crippen LogP contribution >= 0.6 is 0 Å². The Kier molecular flexibility index (Phi) is 5.31. The average molecular weight is 318 g/mol. The third-order valence-corrected chi connectivity index (χ3v) is 3.55. The first-order valence-electron chi connectivity index (χ1n) is 6.38. The second kappa shape index (κ2) is 6.82. The van der Waals surface area contributed by atoms with Gasteiger partial charge >= 0.3 is 0 Å². The lowest BCUT2D eigenvalue weighted by Gasteiger charge is -2.36. The van der Waals surface area contributed by atoms with E-state index in [0.717, 1.165) is 11.8 Å². The lowest BCUT2D eigenvalue weighted by Crippen LogP contribution is -2.55. The van der Waals surface area contributed by atoms with Crippen LogP contribution < -0.4 is 0 Å². The molecule has 7 nitrogen and oxygen atoms in total. The first-order chi connectivity index (χ1) is 9.87. The van der Waals surface area contributed by atoms with Crippen LogP contribution in [-0.4, -0.2) is 56.1 Å². The zero-order chi connectivity index (χ0) is 15.5. The lowest BCUT2D eigenvalue weighted by molar-refractivity contribution is -0.266. The molecule has 1 aromatic carbocycles. The molecule has 8 heteroatoms. The maximum atomic E-state index is 11.2. The molecule has 0 radical (unpaired) electrons. The Bertz CT molecular complexity index is 545. The van der Waals surface area contributed by atoms with Crippen molar-refractivity contribution in [3.05, 3.63) is 35.9 Å². The number of benzene rings is 1. The molecule has 1 aliphatic heterocycles. The fourth-order valence-corrected chi connectivity index (χ4v) is 2.57. The average Bonchev–Trinajstić information content (AvgIpc) is 2.43. The van der Waals surface area contributed by atoms with Gasteiger partial charge in [0.2, 0.25) is 0 Å². The van der Waals surface area contributed by atoms with E-state index in [1.54, 1.807) is 0 Å². The normalized spacial score (nSPS) is 30.2. The van der Waals surface area contributed by atoms with E-state index < -0.39 is 34.7 Å². The summed E-state index contributed by atoms with van der Waals surface area (Å²) in [7, 11) is -3.83. The first-order valence-corrected chi connectivity index (χ1v) is 8.20. The molecule has 0 bridgehead atoms. The summed E-state index contributed by atoms with van der Waals surface area (Å²) in [5.41, 5.74) is 0.861. The van der Waals surface area contributed by atoms with Crippen molar-refractivity contribution >= 4 is 10.1 Å². The Morgan fingerprint density at radius 1 is 1.29 bits per heavy atom. The predicted octanol–water partition coefficient (Wildman–Crippen LogP) is -0.374. The summed E-state index contributed by atoms with van der Waals surface area (Å²) in [4.78, 5) is 0. The van der Waals surface area contributed by atoms with Gasteiger partial charge < -0.3 is 19.7 Å². The van der Waals surface area contributed by atoms with Gasteiger partial charge in [0, 0.05) is 0 Å². The van der Waals surface area contributed by atoms with Crippen LogP contribution in [0.4, 0.5) is 0 Å². The van der Waals surface area contributed by atoms with Gasteiger partial charge in [-0.15, -0.1) is 0 Å². The molecule has 0 saturated carbocycles. The van der Waals surface area contributed by atoms with Gasteiger partial charge in [0.1, 0.15) is 12.2 Å². The molecule has 2 N–H and O–H groups in total. The van der Waals surface area contributed by atoms with Crippen molar-refractivity contribution in [2.45, 2.75) is 31.2 Å². The molecule has 2 rings (SSSR count).